The number of carbonyl (C=O) groups excluding carboxylic acids is 2. The number of thiazole rings is 1. The van der Waals surface area contributed by atoms with Crippen molar-refractivity contribution in [2.75, 3.05) is 13.7 Å². The van der Waals surface area contributed by atoms with Crippen LogP contribution in [0.25, 0.3) is 11.0 Å². The minimum absolute atomic E-state index is 0.208. The van der Waals surface area contributed by atoms with Crippen LogP contribution in [0.2, 0.25) is 0 Å². The molecule has 1 atom stereocenters. The largest absolute Gasteiger partial charge is 0.496 e. The first-order valence-electron chi connectivity index (χ1n) is 10.3. The third kappa shape index (κ3) is 4.82. The maximum atomic E-state index is 12.8. The van der Waals surface area contributed by atoms with E-state index in [0.29, 0.717) is 33.9 Å². The monoisotopic (exact) mass is 465 g/mol. The molecule has 33 heavy (non-hydrogen) atoms. The Bertz CT molecular complexity index is 1300. The van der Waals surface area contributed by atoms with E-state index in [2.05, 4.69) is 30.7 Å². The van der Waals surface area contributed by atoms with Gasteiger partial charge < -0.3 is 15.4 Å². The highest BCUT2D eigenvalue weighted by atomic mass is 32.1. The van der Waals surface area contributed by atoms with Gasteiger partial charge in [-0.3, -0.25) is 14.3 Å². The van der Waals surface area contributed by atoms with Crippen molar-refractivity contribution < 1.29 is 14.3 Å². The smallest absolute Gasteiger partial charge is 0.271 e. The van der Waals surface area contributed by atoms with E-state index in [0.717, 1.165) is 11.3 Å². The fourth-order valence-corrected chi connectivity index (χ4v) is 4.21. The molecule has 10 nitrogen and oxygen atoms in total. The number of benzene rings is 1. The van der Waals surface area contributed by atoms with E-state index in [1.165, 1.54) is 23.9 Å². The van der Waals surface area contributed by atoms with Gasteiger partial charge in [0.1, 0.15) is 27.7 Å². The molecule has 3 aromatic heterocycles. The number of aromatic nitrogens is 5. The standard InChI is InChI=1S/C22H23N7O3S/c1-13(28-21(31)18-15-10-27-29(2)19(15)26-12-25-18)22-24-11-17(33-22)20(30)23-9-8-14-6-4-5-7-16(14)32-3/h4-7,10-13H,8-9H2,1-3H3,(H,23,30)(H,28,31). The summed E-state index contributed by atoms with van der Waals surface area (Å²) in [4.78, 5) is 38.3. The number of nitrogens with one attached hydrogen (secondary N) is 2. The summed E-state index contributed by atoms with van der Waals surface area (Å²) in [6, 6.07) is 7.30. The van der Waals surface area contributed by atoms with Gasteiger partial charge in [0.2, 0.25) is 0 Å². The molecule has 1 aromatic carbocycles. The van der Waals surface area contributed by atoms with E-state index >= 15 is 0 Å². The van der Waals surface area contributed by atoms with Gasteiger partial charge >= 0.3 is 0 Å². The van der Waals surface area contributed by atoms with Crippen LogP contribution in [0.15, 0.2) is 43.0 Å². The van der Waals surface area contributed by atoms with Crippen molar-refractivity contribution in [1.82, 2.24) is 35.4 Å². The lowest BCUT2D eigenvalue weighted by molar-refractivity contribution is 0.0933. The SMILES string of the molecule is COc1ccccc1CCNC(=O)c1cnc(C(C)NC(=O)c2ncnc3c2cnn3C)s1. The summed E-state index contributed by atoms with van der Waals surface area (Å²) in [7, 11) is 3.37. The van der Waals surface area contributed by atoms with Crippen molar-refractivity contribution >= 4 is 34.2 Å². The van der Waals surface area contributed by atoms with Crippen molar-refractivity contribution in [2.45, 2.75) is 19.4 Å². The van der Waals surface area contributed by atoms with Crippen LogP contribution in [0.5, 0.6) is 5.75 Å². The van der Waals surface area contributed by atoms with E-state index in [-0.39, 0.29) is 17.5 Å². The predicted molar refractivity (Wildman–Crippen MR) is 123 cm³/mol. The highest BCUT2D eigenvalue weighted by molar-refractivity contribution is 7.13. The summed E-state index contributed by atoms with van der Waals surface area (Å²) in [6.07, 6.45) is 5.06. The van der Waals surface area contributed by atoms with Crippen LogP contribution >= 0.6 is 11.3 Å². The van der Waals surface area contributed by atoms with Crippen molar-refractivity contribution in [1.29, 1.82) is 0 Å². The van der Waals surface area contributed by atoms with Gasteiger partial charge in [-0.25, -0.2) is 15.0 Å². The van der Waals surface area contributed by atoms with E-state index in [9.17, 15) is 9.59 Å². The Hall–Kier alpha value is -3.86. The molecular weight excluding hydrogens is 442 g/mol. The molecule has 0 spiro atoms. The van der Waals surface area contributed by atoms with Gasteiger partial charge in [0, 0.05) is 13.6 Å². The lowest BCUT2D eigenvalue weighted by Crippen LogP contribution is -2.27. The van der Waals surface area contributed by atoms with Crippen molar-refractivity contribution in [2.24, 2.45) is 7.05 Å². The summed E-state index contributed by atoms with van der Waals surface area (Å²) < 4.78 is 6.92. The van der Waals surface area contributed by atoms with E-state index < -0.39 is 6.04 Å². The van der Waals surface area contributed by atoms with E-state index in [1.54, 1.807) is 25.0 Å². The first kappa shape index (κ1) is 22.3. The van der Waals surface area contributed by atoms with Crippen LogP contribution in [0.4, 0.5) is 0 Å². The van der Waals surface area contributed by atoms with Crippen molar-refractivity contribution in [3.8, 4) is 5.75 Å². The van der Waals surface area contributed by atoms with Crippen LogP contribution in [0.1, 0.15) is 43.7 Å². The van der Waals surface area contributed by atoms with Crippen LogP contribution in [0, 0.1) is 0 Å². The Morgan fingerprint density at radius 3 is 2.79 bits per heavy atom. The Morgan fingerprint density at radius 2 is 1.97 bits per heavy atom. The molecule has 0 fully saturated rings. The number of nitrogens with zero attached hydrogens (tertiary/aromatic N) is 5. The number of amides is 2. The number of methoxy groups -OCH3 is 1. The first-order valence-corrected chi connectivity index (χ1v) is 11.1. The molecule has 0 saturated heterocycles. The maximum absolute atomic E-state index is 12.8. The highest BCUT2D eigenvalue weighted by Gasteiger charge is 2.20. The van der Waals surface area contributed by atoms with Gasteiger partial charge in [0.05, 0.1) is 30.9 Å². The quantitative estimate of drug-likeness (QED) is 0.409. The van der Waals surface area contributed by atoms with Crippen LogP contribution < -0.4 is 15.4 Å². The van der Waals surface area contributed by atoms with Gasteiger partial charge in [-0.15, -0.1) is 11.3 Å². The van der Waals surface area contributed by atoms with E-state index in [4.69, 9.17) is 4.74 Å². The Morgan fingerprint density at radius 1 is 1.15 bits per heavy atom. The second-order valence-corrected chi connectivity index (χ2v) is 8.37. The summed E-state index contributed by atoms with van der Waals surface area (Å²) in [6.45, 7) is 2.27. The number of ether oxygens (including phenoxy) is 1. The third-order valence-corrected chi connectivity index (χ3v) is 6.26. The number of para-hydroxylation sites is 1. The molecule has 0 bridgehead atoms. The Labute approximate surface area is 194 Å². The molecule has 0 aliphatic rings. The normalized spacial score (nSPS) is 11.8. The average Bonchev–Trinajstić information content (AvgIpc) is 3.47. The molecule has 0 saturated carbocycles. The summed E-state index contributed by atoms with van der Waals surface area (Å²) in [5.41, 5.74) is 1.84. The molecule has 3 heterocycles. The first-order chi connectivity index (χ1) is 16.0. The van der Waals surface area contributed by atoms with Crippen LogP contribution in [-0.2, 0) is 13.5 Å². The van der Waals surface area contributed by atoms with Crippen molar-refractivity contribution in [3.63, 3.8) is 0 Å². The minimum Gasteiger partial charge on any atom is -0.496 e. The molecule has 0 radical (unpaired) electrons. The molecule has 170 valence electrons. The van der Waals surface area contributed by atoms with Gasteiger partial charge in [0.15, 0.2) is 5.65 Å². The van der Waals surface area contributed by atoms with Crippen molar-refractivity contribution in [3.05, 3.63) is 64.1 Å². The highest BCUT2D eigenvalue weighted by Crippen LogP contribution is 2.22. The lowest BCUT2D eigenvalue weighted by Gasteiger charge is -2.11. The zero-order chi connectivity index (χ0) is 23.4. The Balaban J connectivity index is 1.36. The number of hydrogen-bond acceptors (Lipinski definition) is 8. The third-order valence-electron chi connectivity index (χ3n) is 5.08. The molecule has 11 heteroatoms. The van der Waals surface area contributed by atoms with Gasteiger partial charge in [-0.2, -0.15) is 5.10 Å². The zero-order valence-corrected chi connectivity index (χ0v) is 19.2. The lowest BCUT2D eigenvalue weighted by atomic mass is 10.1. The average molecular weight is 466 g/mol. The molecule has 2 N–H and O–H groups in total. The summed E-state index contributed by atoms with van der Waals surface area (Å²) >= 11 is 1.24. The second-order valence-electron chi connectivity index (χ2n) is 7.30. The van der Waals surface area contributed by atoms with Gasteiger partial charge in [-0.05, 0) is 25.0 Å². The predicted octanol–water partition coefficient (Wildman–Crippen LogP) is 2.29. The molecule has 0 aliphatic carbocycles. The fourth-order valence-electron chi connectivity index (χ4n) is 3.37. The molecule has 2 amide bonds. The van der Waals surface area contributed by atoms with Gasteiger partial charge in [0.25, 0.3) is 11.8 Å². The minimum atomic E-state index is -0.403. The van der Waals surface area contributed by atoms with E-state index in [1.807, 2.05) is 31.2 Å². The number of hydrogen-bond donors (Lipinski definition) is 2. The number of fused-ring (bicyclic) bond motifs is 1. The fraction of sp³-hybridized carbons (Fsp3) is 0.273. The molecule has 4 rings (SSSR count). The number of aryl methyl sites for hydroxylation is 1. The van der Waals surface area contributed by atoms with Crippen LogP contribution in [-0.4, -0.2) is 50.2 Å². The summed E-state index contributed by atoms with van der Waals surface area (Å²) in [5, 5.41) is 11.1. The second kappa shape index (κ2) is 9.74. The molecular formula is C22H23N7O3S. The zero-order valence-electron chi connectivity index (χ0n) is 18.4. The maximum Gasteiger partial charge on any atom is 0.271 e. The van der Waals surface area contributed by atoms with Crippen LogP contribution in [0.3, 0.4) is 0 Å². The summed E-state index contributed by atoms with van der Waals surface area (Å²) in [5.74, 6) is 0.226. The molecule has 1 unspecified atom stereocenters. The Kier molecular flexibility index (Phi) is 6.59. The molecule has 4 aromatic rings. The number of rotatable bonds is 8. The van der Waals surface area contributed by atoms with Gasteiger partial charge in [-0.1, -0.05) is 18.2 Å². The topological polar surface area (TPSA) is 124 Å². The molecule has 0 aliphatic heterocycles. The number of carbonyl (C=O) groups is 2.